The van der Waals surface area contributed by atoms with Crippen LogP contribution in [0, 0.1) is 5.82 Å². The number of anilines is 1. The molecule has 7 heteroatoms. The number of hydrazine groups is 1. The predicted molar refractivity (Wildman–Crippen MR) is 70.7 cm³/mol. The molecule has 0 spiro atoms. The van der Waals surface area contributed by atoms with Gasteiger partial charge >= 0.3 is 0 Å². The van der Waals surface area contributed by atoms with Crippen LogP contribution in [0.25, 0.3) is 0 Å². The maximum absolute atomic E-state index is 13.1. The Labute approximate surface area is 114 Å². The zero-order valence-electron chi connectivity index (χ0n) is 10.2. The molecule has 0 radical (unpaired) electrons. The van der Waals surface area contributed by atoms with Crippen molar-refractivity contribution in [2.75, 3.05) is 5.43 Å². The van der Waals surface area contributed by atoms with Crippen LogP contribution in [-0.2, 0) is 6.42 Å². The fourth-order valence-corrected chi connectivity index (χ4v) is 1.75. The van der Waals surface area contributed by atoms with Crippen LogP contribution in [0.5, 0.6) is 11.6 Å². The van der Waals surface area contributed by atoms with Gasteiger partial charge in [-0.15, -0.1) is 0 Å². The first-order chi connectivity index (χ1) is 9.15. The summed E-state index contributed by atoms with van der Waals surface area (Å²) >= 11 is 5.69. The Balaban J connectivity index is 2.35. The van der Waals surface area contributed by atoms with Gasteiger partial charge < -0.3 is 10.2 Å². The summed E-state index contributed by atoms with van der Waals surface area (Å²) in [5, 5.41) is -0.0122. The lowest BCUT2D eigenvalue weighted by molar-refractivity contribution is 0.454. The number of halogens is 2. The lowest BCUT2D eigenvalue weighted by Crippen LogP contribution is -2.12. The molecule has 0 aliphatic heterocycles. The number of nitrogen functional groups attached to an aromatic ring is 1. The van der Waals surface area contributed by atoms with Crippen molar-refractivity contribution < 1.29 is 9.13 Å². The van der Waals surface area contributed by atoms with Crippen LogP contribution in [0.4, 0.5) is 10.2 Å². The fourth-order valence-electron chi connectivity index (χ4n) is 1.58. The van der Waals surface area contributed by atoms with Crippen LogP contribution in [0.3, 0.4) is 0 Å². The molecule has 0 saturated carbocycles. The number of nitrogens with two attached hydrogens (primary N) is 1. The third-order valence-corrected chi connectivity index (χ3v) is 2.79. The molecular formula is C12H12ClFN4O. The van der Waals surface area contributed by atoms with Crippen LogP contribution < -0.4 is 16.0 Å². The summed E-state index contributed by atoms with van der Waals surface area (Å²) in [6.45, 7) is 1.92. The van der Waals surface area contributed by atoms with Crippen LogP contribution in [-0.4, -0.2) is 9.97 Å². The van der Waals surface area contributed by atoms with E-state index in [1.807, 2.05) is 6.92 Å². The second-order valence-corrected chi connectivity index (χ2v) is 4.09. The number of benzene rings is 1. The van der Waals surface area contributed by atoms with Crippen molar-refractivity contribution in [2.45, 2.75) is 13.3 Å². The Morgan fingerprint density at radius 1 is 1.42 bits per heavy atom. The molecule has 0 saturated heterocycles. The van der Waals surface area contributed by atoms with Gasteiger partial charge in [0.25, 0.3) is 0 Å². The predicted octanol–water partition coefficient (Wildman–Crippen LogP) is 2.91. The average molecular weight is 283 g/mol. The highest BCUT2D eigenvalue weighted by molar-refractivity contribution is 6.30. The van der Waals surface area contributed by atoms with Gasteiger partial charge in [-0.2, -0.15) is 0 Å². The van der Waals surface area contributed by atoms with Gasteiger partial charge in [0.2, 0.25) is 5.88 Å². The SMILES string of the molecule is CCc1c(NN)ncnc1Oc1ccc(F)c(Cl)c1. The van der Waals surface area contributed by atoms with Gasteiger partial charge in [0.15, 0.2) is 0 Å². The molecule has 2 aromatic rings. The van der Waals surface area contributed by atoms with E-state index in [2.05, 4.69) is 15.4 Å². The van der Waals surface area contributed by atoms with E-state index in [4.69, 9.17) is 22.2 Å². The number of rotatable bonds is 4. The van der Waals surface area contributed by atoms with E-state index in [1.165, 1.54) is 24.5 Å². The first-order valence-electron chi connectivity index (χ1n) is 5.59. The minimum atomic E-state index is -0.503. The number of hydrogen-bond donors (Lipinski definition) is 2. The molecule has 0 aliphatic rings. The average Bonchev–Trinajstić information content (AvgIpc) is 2.42. The molecule has 19 heavy (non-hydrogen) atoms. The summed E-state index contributed by atoms with van der Waals surface area (Å²) in [5.74, 6) is 6.10. The fraction of sp³-hybridized carbons (Fsp3) is 0.167. The molecule has 0 atom stereocenters. The van der Waals surface area contributed by atoms with Crippen molar-refractivity contribution in [3.05, 3.63) is 40.9 Å². The van der Waals surface area contributed by atoms with E-state index >= 15 is 0 Å². The monoisotopic (exact) mass is 282 g/mol. The van der Waals surface area contributed by atoms with E-state index in [0.717, 1.165) is 5.56 Å². The Morgan fingerprint density at radius 3 is 2.84 bits per heavy atom. The van der Waals surface area contributed by atoms with Gasteiger partial charge in [0, 0.05) is 6.07 Å². The van der Waals surface area contributed by atoms with Crippen LogP contribution in [0.1, 0.15) is 12.5 Å². The summed E-state index contributed by atoms with van der Waals surface area (Å²) in [7, 11) is 0. The number of nitrogens with one attached hydrogen (secondary N) is 1. The lowest BCUT2D eigenvalue weighted by atomic mass is 10.2. The molecule has 5 nitrogen and oxygen atoms in total. The Morgan fingerprint density at radius 2 is 2.21 bits per heavy atom. The zero-order valence-corrected chi connectivity index (χ0v) is 10.9. The Hall–Kier alpha value is -1.92. The van der Waals surface area contributed by atoms with Gasteiger partial charge in [-0.3, -0.25) is 0 Å². The van der Waals surface area contributed by atoms with E-state index < -0.39 is 5.82 Å². The lowest BCUT2D eigenvalue weighted by Gasteiger charge is -2.11. The summed E-state index contributed by atoms with van der Waals surface area (Å²) in [6.07, 6.45) is 1.96. The first-order valence-corrected chi connectivity index (χ1v) is 5.97. The smallest absolute Gasteiger partial charge is 0.227 e. The largest absolute Gasteiger partial charge is 0.438 e. The van der Waals surface area contributed by atoms with Crippen molar-refractivity contribution in [3.63, 3.8) is 0 Å². The maximum atomic E-state index is 13.1. The summed E-state index contributed by atoms with van der Waals surface area (Å²) in [5.41, 5.74) is 3.20. The van der Waals surface area contributed by atoms with Crippen molar-refractivity contribution >= 4 is 17.4 Å². The molecule has 1 aromatic carbocycles. The normalized spacial score (nSPS) is 10.3. The van der Waals surface area contributed by atoms with Gasteiger partial charge in [0.1, 0.15) is 23.7 Å². The van der Waals surface area contributed by atoms with Crippen LogP contribution in [0.15, 0.2) is 24.5 Å². The van der Waals surface area contributed by atoms with Gasteiger partial charge in [0.05, 0.1) is 10.6 Å². The molecule has 1 heterocycles. The number of ether oxygens (including phenoxy) is 1. The molecule has 0 fully saturated rings. The quantitative estimate of drug-likeness (QED) is 0.666. The first kappa shape index (κ1) is 13.5. The molecule has 0 bridgehead atoms. The van der Waals surface area contributed by atoms with E-state index in [1.54, 1.807) is 0 Å². The Bertz CT molecular complexity index is 594. The van der Waals surface area contributed by atoms with E-state index in [9.17, 15) is 4.39 Å². The van der Waals surface area contributed by atoms with Crippen molar-refractivity contribution in [2.24, 2.45) is 5.84 Å². The minimum Gasteiger partial charge on any atom is -0.438 e. The van der Waals surface area contributed by atoms with Gasteiger partial charge in [-0.05, 0) is 18.6 Å². The second kappa shape index (κ2) is 5.81. The summed E-state index contributed by atoms with van der Waals surface area (Å²) in [4.78, 5) is 8.03. The second-order valence-electron chi connectivity index (χ2n) is 3.68. The molecule has 100 valence electrons. The highest BCUT2D eigenvalue weighted by atomic mass is 35.5. The minimum absolute atomic E-state index is 0.0122. The molecular weight excluding hydrogens is 271 g/mol. The zero-order chi connectivity index (χ0) is 13.8. The number of hydrogen-bond acceptors (Lipinski definition) is 5. The maximum Gasteiger partial charge on any atom is 0.227 e. The topological polar surface area (TPSA) is 73.1 Å². The van der Waals surface area contributed by atoms with Gasteiger partial charge in [-0.1, -0.05) is 18.5 Å². The van der Waals surface area contributed by atoms with Crippen molar-refractivity contribution in [1.82, 2.24) is 9.97 Å². The number of aromatic nitrogens is 2. The standard InChI is InChI=1S/C12H12ClFN4O/c1-2-8-11(18-15)16-6-17-12(8)19-7-3-4-10(14)9(13)5-7/h3-6H,2,15H2,1H3,(H,16,17,18). The molecule has 2 rings (SSSR count). The highest BCUT2D eigenvalue weighted by Gasteiger charge is 2.12. The van der Waals surface area contributed by atoms with E-state index in [0.29, 0.717) is 23.9 Å². The summed E-state index contributed by atoms with van der Waals surface area (Å²) < 4.78 is 18.6. The highest BCUT2D eigenvalue weighted by Crippen LogP contribution is 2.29. The van der Waals surface area contributed by atoms with Crippen molar-refractivity contribution in [3.8, 4) is 11.6 Å². The molecule has 1 aromatic heterocycles. The third kappa shape index (κ3) is 2.91. The summed E-state index contributed by atoms with van der Waals surface area (Å²) in [6, 6.07) is 4.08. The number of nitrogens with zero attached hydrogens (tertiary/aromatic N) is 2. The van der Waals surface area contributed by atoms with Crippen LogP contribution in [0.2, 0.25) is 5.02 Å². The Kier molecular flexibility index (Phi) is 4.13. The van der Waals surface area contributed by atoms with E-state index in [-0.39, 0.29) is 5.02 Å². The molecule has 3 N–H and O–H groups in total. The molecule has 0 aliphatic carbocycles. The third-order valence-electron chi connectivity index (χ3n) is 2.50. The van der Waals surface area contributed by atoms with Crippen LogP contribution >= 0.6 is 11.6 Å². The van der Waals surface area contributed by atoms with Crippen molar-refractivity contribution in [1.29, 1.82) is 0 Å². The molecule has 0 unspecified atom stereocenters. The van der Waals surface area contributed by atoms with Gasteiger partial charge in [-0.25, -0.2) is 20.2 Å². The molecule has 0 amide bonds.